The molecule has 126 valence electrons. The number of carboxylic acids is 1. The number of rotatable bonds is 8. The van der Waals surface area contributed by atoms with Gasteiger partial charge in [-0.1, -0.05) is 12.1 Å². The number of hydrogen-bond donors (Lipinski definition) is 3. The Bertz CT molecular complexity index is 564. The zero-order chi connectivity index (χ0) is 17.5. The maximum Gasteiger partial charge on any atom is 0.313 e. The molecule has 0 aromatic heterocycles. The number of benzene rings is 1. The molecular formula is C17H24N2O4. The summed E-state index contributed by atoms with van der Waals surface area (Å²) in [5.41, 5.74) is 0.298. The van der Waals surface area contributed by atoms with E-state index in [1.54, 1.807) is 38.1 Å². The molecule has 1 aromatic carbocycles. The van der Waals surface area contributed by atoms with Crippen LogP contribution < -0.4 is 10.6 Å². The van der Waals surface area contributed by atoms with E-state index in [1.165, 1.54) is 0 Å². The number of carboxylic acid groups (broad SMARTS) is 1. The molecule has 0 aliphatic rings. The minimum Gasteiger partial charge on any atom is -0.481 e. The highest BCUT2D eigenvalue weighted by atomic mass is 16.4. The van der Waals surface area contributed by atoms with Crippen molar-refractivity contribution in [2.45, 2.75) is 45.4 Å². The molecule has 0 aliphatic heterocycles. The van der Waals surface area contributed by atoms with Gasteiger partial charge in [0, 0.05) is 25.1 Å². The van der Waals surface area contributed by atoms with E-state index in [1.807, 2.05) is 6.92 Å². The average molecular weight is 320 g/mol. The van der Waals surface area contributed by atoms with Gasteiger partial charge in [0.1, 0.15) is 0 Å². The quantitative estimate of drug-likeness (QED) is 0.685. The Kier molecular flexibility index (Phi) is 6.75. The van der Waals surface area contributed by atoms with Crippen LogP contribution in [0.3, 0.4) is 0 Å². The lowest BCUT2D eigenvalue weighted by atomic mass is 9.85. The third-order valence-corrected chi connectivity index (χ3v) is 3.61. The first-order chi connectivity index (χ1) is 10.8. The molecule has 0 fully saturated rings. The van der Waals surface area contributed by atoms with Crippen LogP contribution in [0, 0.1) is 0 Å². The van der Waals surface area contributed by atoms with Crippen LogP contribution in [-0.4, -0.2) is 29.4 Å². The fourth-order valence-corrected chi connectivity index (χ4v) is 2.01. The van der Waals surface area contributed by atoms with Crippen LogP contribution in [0.5, 0.6) is 0 Å². The van der Waals surface area contributed by atoms with Gasteiger partial charge in [-0.15, -0.1) is 0 Å². The topological polar surface area (TPSA) is 95.5 Å². The summed E-state index contributed by atoms with van der Waals surface area (Å²) >= 11 is 0. The molecule has 0 unspecified atom stereocenters. The number of anilines is 1. The van der Waals surface area contributed by atoms with Gasteiger partial charge in [-0.3, -0.25) is 14.4 Å². The summed E-state index contributed by atoms with van der Waals surface area (Å²) in [6.07, 6.45) is 1.08. The van der Waals surface area contributed by atoms with E-state index in [4.69, 9.17) is 0 Å². The summed E-state index contributed by atoms with van der Waals surface area (Å²) in [6, 6.07) is 6.75. The summed E-state index contributed by atoms with van der Waals surface area (Å²) in [5.74, 6) is -1.13. The standard InChI is InChI=1S/C17H24N2O4/c1-4-18-14(20)6-5-7-15(21)19-13-10-8-12(9-11-13)17(2,3)16(22)23/h8-11H,4-7H2,1-3H3,(H,18,20)(H,19,21)(H,22,23). The Morgan fingerprint density at radius 1 is 1.04 bits per heavy atom. The molecule has 6 nitrogen and oxygen atoms in total. The van der Waals surface area contributed by atoms with Gasteiger partial charge < -0.3 is 15.7 Å². The van der Waals surface area contributed by atoms with Crippen LogP contribution in [-0.2, 0) is 19.8 Å². The number of carbonyl (C=O) groups is 3. The van der Waals surface area contributed by atoms with E-state index in [9.17, 15) is 19.5 Å². The number of carbonyl (C=O) groups excluding carboxylic acids is 2. The van der Waals surface area contributed by atoms with Crippen molar-refractivity contribution in [2.75, 3.05) is 11.9 Å². The van der Waals surface area contributed by atoms with Gasteiger partial charge in [0.2, 0.25) is 11.8 Å². The molecule has 0 saturated heterocycles. The van der Waals surface area contributed by atoms with Crippen molar-refractivity contribution in [2.24, 2.45) is 0 Å². The lowest BCUT2D eigenvalue weighted by Crippen LogP contribution is -2.28. The molecule has 0 atom stereocenters. The Hall–Kier alpha value is -2.37. The molecule has 6 heteroatoms. The minimum atomic E-state index is -0.977. The van der Waals surface area contributed by atoms with E-state index < -0.39 is 11.4 Å². The van der Waals surface area contributed by atoms with Gasteiger partial charge in [-0.2, -0.15) is 0 Å². The third kappa shape index (κ3) is 5.73. The molecular weight excluding hydrogens is 296 g/mol. The van der Waals surface area contributed by atoms with E-state index in [-0.39, 0.29) is 18.2 Å². The molecule has 0 bridgehead atoms. The predicted molar refractivity (Wildman–Crippen MR) is 88.3 cm³/mol. The number of amides is 2. The smallest absolute Gasteiger partial charge is 0.313 e. The molecule has 2 amide bonds. The summed E-state index contributed by atoms with van der Waals surface area (Å²) < 4.78 is 0. The van der Waals surface area contributed by atoms with Crippen LogP contribution in [0.1, 0.15) is 45.6 Å². The molecule has 0 spiro atoms. The second kappa shape index (κ2) is 8.31. The highest BCUT2D eigenvalue weighted by Gasteiger charge is 2.29. The molecule has 23 heavy (non-hydrogen) atoms. The second-order valence-electron chi connectivity index (χ2n) is 5.86. The maximum absolute atomic E-state index is 11.8. The summed E-state index contributed by atoms with van der Waals surface area (Å²) in [5, 5.41) is 14.6. The maximum atomic E-state index is 11.8. The van der Waals surface area contributed by atoms with E-state index in [2.05, 4.69) is 10.6 Å². The number of hydrogen-bond acceptors (Lipinski definition) is 3. The normalized spacial score (nSPS) is 10.9. The molecule has 0 saturated carbocycles. The first-order valence-corrected chi connectivity index (χ1v) is 7.68. The fraction of sp³-hybridized carbons (Fsp3) is 0.471. The Balaban J connectivity index is 2.50. The Morgan fingerprint density at radius 2 is 1.61 bits per heavy atom. The van der Waals surface area contributed by atoms with Gasteiger partial charge in [-0.05, 0) is 44.9 Å². The van der Waals surface area contributed by atoms with Crippen LogP contribution in [0.2, 0.25) is 0 Å². The Labute approximate surface area is 136 Å². The van der Waals surface area contributed by atoms with Gasteiger partial charge >= 0.3 is 5.97 Å². The van der Waals surface area contributed by atoms with Crippen molar-refractivity contribution in [1.29, 1.82) is 0 Å². The van der Waals surface area contributed by atoms with E-state index in [0.717, 1.165) is 0 Å². The largest absolute Gasteiger partial charge is 0.481 e. The highest BCUT2D eigenvalue weighted by molar-refractivity contribution is 5.91. The third-order valence-electron chi connectivity index (χ3n) is 3.61. The molecule has 0 aliphatic carbocycles. The number of nitrogens with one attached hydrogen (secondary N) is 2. The molecule has 3 N–H and O–H groups in total. The Morgan fingerprint density at radius 3 is 2.13 bits per heavy atom. The fourth-order valence-electron chi connectivity index (χ4n) is 2.01. The summed E-state index contributed by atoms with van der Waals surface area (Å²) in [6.45, 7) is 5.69. The predicted octanol–water partition coefficient (Wildman–Crippen LogP) is 2.29. The van der Waals surface area contributed by atoms with Crippen molar-refractivity contribution in [3.8, 4) is 0 Å². The van der Waals surface area contributed by atoms with E-state index >= 15 is 0 Å². The SMILES string of the molecule is CCNC(=O)CCCC(=O)Nc1ccc(C(C)(C)C(=O)O)cc1. The molecule has 1 aromatic rings. The van der Waals surface area contributed by atoms with Crippen LogP contribution >= 0.6 is 0 Å². The monoisotopic (exact) mass is 320 g/mol. The van der Waals surface area contributed by atoms with Gasteiger partial charge in [0.15, 0.2) is 0 Å². The summed E-state index contributed by atoms with van der Waals surface area (Å²) in [4.78, 5) is 34.3. The van der Waals surface area contributed by atoms with Gasteiger partial charge in [0.05, 0.1) is 5.41 Å². The number of aliphatic carboxylic acids is 1. The van der Waals surface area contributed by atoms with Crippen molar-refractivity contribution >= 4 is 23.5 Å². The second-order valence-corrected chi connectivity index (χ2v) is 5.86. The van der Waals surface area contributed by atoms with Crippen molar-refractivity contribution < 1.29 is 19.5 Å². The van der Waals surface area contributed by atoms with Gasteiger partial charge in [-0.25, -0.2) is 0 Å². The van der Waals surface area contributed by atoms with Crippen LogP contribution in [0.4, 0.5) is 5.69 Å². The lowest BCUT2D eigenvalue weighted by molar-refractivity contribution is -0.142. The molecule has 0 heterocycles. The summed E-state index contributed by atoms with van der Waals surface area (Å²) in [7, 11) is 0. The average Bonchev–Trinajstić information content (AvgIpc) is 2.48. The van der Waals surface area contributed by atoms with Gasteiger partial charge in [0.25, 0.3) is 0 Å². The zero-order valence-electron chi connectivity index (χ0n) is 13.8. The van der Waals surface area contributed by atoms with E-state index in [0.29, 0.717) is 30.6 Å². The van der Waals surface area contributed by atoms with Crippen LogP contribution in [0.25, 0.3) is 0 Å². The first-order valence-electron chi connectivity index (χ1n) is 7.68. The first kappa shape index (κ1) is 18.7. The molecule has 0 radical (unpaired) electrons. The van der Waals surface area contributed by atoms with Crippen molar-refractivity contribution in [3.05, 3.63) is 29.8 Å². The lowest BCUT2D eigenvalue weighted by Gasteiger charge is -2.19. The zero-order valence-corrected chi connectivity index (χ0v) is 13.8. The van der Waals surface area contributed by atoms with Crippen molar-refractivity contribution in [1.82, 2.24) is 5.32 Å². The highest BCUT2D eigenvalue weighted by Crippen LogP contribution is 2.24. The minimum absolute atomic E-state index is 0.0550. The van der Waals surface area contributed by atoms with Crippen LogP contribution in [0.15, 0.2) is 24.3 Å². The molecule has 1 rings (SSSR count). The van der Waals surface area contributed by atoms with Crippen molar-refractivity contribution in [3.63, 3.8) is 0 Å².